The third-order valence-corrected chi connectivity index (χ3v) is 6.77. The molecule has 0 radical (unpaired) electrons. The van der Waals surface area contributed by atoms with E-state index in [9.17, 15) is 4.79 Å². The van der Waals surface area contributed by atoms with Gasteiger partial charge in [0.05, 0.1) is 6.61 Å². The van der Waals surface area contributed by atoms with Gasteiger partial charge in [0.15, 0.2) is 0 Å². The van der Waals surface area contributed by atoms with Gasteiger partial charge in [-0.2, -0.15) is 0 Å². The van der Waals surface area contributed by atoms with Crippen molar-refractivity contribution in [3.05, 3.63) is 28.2 Å². The zero-order valence-corrected chi connectivity index (χ0v) is 17.7. The summed E-state index contributed by atoms with van der Waals surface area (Å²) in [4.78, 5) is 14.9. The van der Waals surface area contributed by atoms with Crippen LogP contribution in [0.3, 0.4) is 0 Å². The van der Waals surface area contributed by atoms with Crippen molar-refractivity contribution < 1.29 is 9.53 Å². The second kappa shape index (κ2) is 8.77. The molecule has 3 fully saturated rings. The van der Waals surface area contributed by atoms with E-state index in [4.69, 9.17) is 27.9 Å². The summed E-state index contributed by atoms with van der Waals surface area (Å²) >= 11 is 12.0. The molecule has 3 aliphatic rings. The number of likely N-dealkylation sites (tertiary alicyclic amines) is 1. The van der Waals surface area contributed by atoms with Crippen LogP contribution in [-0.2, 0) is 4.79 Å². The lowest BCUT2D eigenvalue weighted by Gasteiger charge is -2.33. The zero-order chi connectivity index (χ0) is 18.1. The van der Waals surface area contributed by atoms with Gasteiger partial charge in [-0.05, 0) is 74.7 Å². The molecule has 4 nitrogen and oxygen atoms in total. The number of ether oxygens (including phenoxy) is 1. The molecule has 0 aromatic heterocycles. The highest BCUT2D eigenvalue weighted by atomic mass is 35.5. The van der Waals surface area contributed by atoms with Crippen LogP contribution in [0.1, 0.15) is 32.1 Å². The van der Waals surface area contributed by atoms with E-state index in [1.54, 1.807) is 18.2 Å². The Bertz CT molecular complexity index is 651. The normalized spacial score (nSPS) is 24.4. The minimum Gasteiger partial charge on any atom is -0.493 e. The van der Waals surface area contributed by atoms with Gasteiger partial charge in [0.25, 0.3) is 0 Å². The monoisotopic (exact) mass is 432 g/mol. The molecule has 1 N–H and O–H groups in total. The molecule has 1 aromatic rings. The van der Waals surface area contributed by atoms with E-state index >= 15 is 0 Å². The number of nitrogens with one attached hydrogen (secondary N) is 1. The Kier molecular flexibility index (Phi) is 6.83. The van der Waals surface area contributed by atoms with E-state index < -0.39 is 0 Å². The number of nitrogens with zero attached hydrogens (tertiary/aromatic N) is 1. The molecule has 1 unspecified atom stereocenters. The van der Waals surface area contributed by atoms with Gasteiger partial charge in [0.2, 0.25) is 5.91 Å². The van der Waals surface area contributed by atoms with Crippen LogP contribution in [0.15, 0.2) is 18.2 Å². The molecule has 4 rings (SSSR count). The first-order chi connectivity index (χ1) is 12.6. The zero-order valence-electron chi connectivity index (χ0n) is 15.4. The Hall–Kier alpha value is -0.680. The van der Waals surface area contributed by atoms with Crippen LogP contribution in [0.4, 0.5) is 0 Å². The smallest absolute Gasteiger partial charge is 0.226 e. The molecule has 1 saturated carbocycles. The Morgan fingerprint density at radius 2 is 1.78 bits per heavy atom. The Morgan fingerprint density at radius 3 is 2.41 bits per heavy atom. The largest absolute Gasteiger partial charge is 0.493 e. The summed E-state index contributed by atoms with van der Waals surface area (Å²) in [6.45, 7) is 4.49. The molecule has 1 aromatic carbocycles. The number of piperidine rings is 2. The number of rotatable bonds is 4. The van der Waals surface area contributed by atoms with E-state index in [1.807, 2.05) is 0 Å². The maximum Gasteiger partial charge on any atom is 0.226 e. The van der Waals surface area contributed by atoms with Crippen molar-refractivity contribution in [2.45, 2.75) is 32.1 Å². The van der Waals surface area contributed by atoms with Crippen LogP contribution < -0.4 is 10.1 Å². The van der Waals surface area contributed by atoms with Gasteiger partial charge in [-0.3, -0.25) is 4.79 Å². The molecular weight excluding hydrogens is 407 g/mol. The second-order valence-electron chi connectivity index (χ2n) is 8.05. The number of halogens is 3. The van der Waals surface area contributed by atoms with E-state index in [-0.39, 0.29) is 18.3 Å². The maximum atomic E-state index is 12.8. The summed E-state index contributed by atoms with van der Waals surface area (Å²) < 4.78 is 5.87. The number of carbonyl (C=O) groups is 1. The molecule has 27 heavy (non-hydrogen) atoms. The minimum atomic E-state index is 0. The van der Waals surface area contributed by atoms with Crippen molar-refractivity contribution in [3.63, 3.8) is 0 Å². The number of hydrogen-bond acceptors (Lipinski definition) is 3. The summed E-state index contributed by atoms with van der Waals surface area (Å²) in [7, 11) is 0. The molecule has 150 valence electrons. The average Bonchev–Trinajstić information content (AvgIpc) is 3.32. The average molecular weight is 434 g/mol. The molecular formula is C20H27Cl3N2O2. The summed E-state index contributed by atoms with van der Waals surface area (Å²) in [5.74, 6) is 1.87. The van der Waals surface area contributed by atoms with Crippen molar-refractivity contribution in [1.82, 2.24) is 10.2 Å². The van der Waals surface area contributed by atoms with Crippen molar-refractivity contribution >= 4 is 41.5 Å². The van der Waals surface area contributed by atoms with Gasteiger partial charge < -0.3 is 15.0 Å². The molecule has 1 spiro atoms. The third kappa shape index (κ3) is 4.84. The first-order valence-corrected chi connectivity index (χ1v) is 10.4. The molecule has 2 saturated heterocycles. The van der Waals surface area contributed by atoms with Gasteiger partial charge in [-0.1, -0.05) is 23.2 Å². The lowest BCUT2D eigenvalue weighted by molar-refractivity contribution is -0.135. The minimum absolute atomic E-state index is 0. The molecule has 2 aliphatic heterocycles. The highest BCUT2D eigenvalue weighted by Gasteiger charge is 2.58. The number of carbonyl (C=O) groups excluding carboxylic acids is 1. The van der Waals surface area contributed by atoms with E-state index in [1.165, 1.54) is 0 Å². The third-order valence-electron chi connectivity index (χ3n) is 6.34. The fraction of sp³-hybridized carbons (Fsp3) is 0.650. The summed E-state index contributed by atoms with van der Waals surface area (Å²) in [5.41, 5.74) is 0.328. The number of benzene rings is 1. The lowest BCUT2D eigenvalue weighted by Crippen LogP contribution is -2.42. The van der Waals surface area contributed by atoms with Gasteiger partial charge in [-0.25, -0.2) is 0 Å². The van der Waals surface area contributed by atoms with E-state index in [0.717, 1.165) is 58.3 Å². The quantitative estimate of drug-likeness (QED) is 0.764. The standard InChI is InChI=1S/C20H26Cl2N2O2.ClH/c21-15-9-16(22)11-17(10-15)26-13-14-1-7-24(8-2-14)19(25)18-12-20(18)3-5-23-6-4-20;/h9-11,14,18,23H,1-8,12-13H2;1H. The topological polar surface area (TPSA) is 41.6 Å². The van der Waals surface area contributed by atoms with Gasteiger partial charge in [0, 0.05) is 29.1 Å². The van der Waals surface area contributed by atoms with Crippen LogP contribution in [0.2, 0.25) is 10.0 Å². The van der Waals surface area contributed by atoms with Crippen molar-refractivity contribution in [1.29, 1.82) is 0 Å². The lowest BCUT2D eigenvalue weighted by atomic mass is 9.91. The van der Waals surface area contributed by atoms with Crippen LogP contribution in [0, 0.1) is 17.3 Å². The molecule has 2 heterocycles. The fourth-order valence-corrected chi connectivity index (χ4v) is 5.05. The van der Waals surface area contributed by atoms with Crippen LogP contribution >= 0.6 is 35.6 Å². The Morgan fingerprint density at radius 1 is 1.15 bits per heavy atom. The van der Waals surface area contributed by atoms with Crippen LogP contribution in [0.5, 0.6) is 5.75 Å². The van der Waals surface area contributed by atoms with Gasteiger partial charge in [-0.15, -0.1) is 12.4 Å². The first-order valence-electron chi connectivity index (χ1n) is 9.64. The summed E-state index contributed by atoms with van der Waals surface area (Å²) in [6, 6.07) is 5.28. The van der Waals surface area contributed by atoms with E-state index in [0.29, 0.717) is 39.6 Å². The Labute approximate surface area is 177 Å². The van der Waals surface area contributed by atoms with Crippen molar-refractivity contribution in [2.24, 2.45) is 17.3 Å². The van der Waals surface area contributed by atoms with Crippen molar-refractivity contribution in [3.8, 4) is 5.75 Å². The van der Waals surface area contributed by atoms with E-state index in [2.05, 4.69) is 10.2 Å². The highest BCUT2D eigenvalue weighted by Crippen LogP contribution is 2.59. The maximum absolute atomic E-state index is 12.8. The number of amides is 1. The summed E-state index contributed by atoms with van der Waals surface area (Å²) in [6.07, 6.45) is 5.43. The molecule has 0 bridgehead atoms. The second-order valence-corrected chi connectivity index (χ2v) is 8.93. The van der Waals surface area contributed by atoms with Crippen LogP contribution in [0.25, 0.3) is 0 Å². The van der Waals surface area contributed by atoms with Gasteiger partial charge >= 0.3 is 0 Å². The summed E-state index contributed by atoms with van der Waals surface area (Å²) in [5, 5.41) is 4.58. The predicted molar refractivity (Wildman–Crippen MR) is 111 cm³/mol. The molecule has 1 aliphatic carbocycles. The van der Waals surface area contributed by atoms with Crippen molar-refractivity contribution in [2.75, 3.05) is 32.8 Å². The first kappa shape index (κ1) is 21.0. The molecule has 1 amide bonds. The Balaban J connectivity index is 0.00000210. The number of hydrogen-bond donors (Lipinski definition) is 1. The molecule has 1 atom stereocenters. The fourth-order valence-electron chi connectivity index (χ4n) is 4.54. The highest BCUT2D eigenvalue weighted by molar-refractivity contribution is 6.34. The van der Waals surface area contributed by atoms with Gasteiger partial charge in [0.1, 0.15) is 5.75 Å². The van der Waals surface area contributed by atoms with Crippen LogP contribution in [-0.4, -0.2) is 43.6 Å². The SMILES string of the molecule is Cl.O=C(C1CC12CCNCC2)N1CCC(COc2cc(Cl)cc(Cl)c2)CC1. The predicted octanol–water partition coefficient (Wildman–Crippen LogP) is 4.42. The molecule has 7 heteroatoms.